The lowest BCUT2D eigenvalue weighted by molar-refractivity contribution is 0.987. The first-order valence-corrected chi connectivity index (χ1v) is 4.07. The summed E-state index contributed by atoms with van der Waals surface area (Å²) in [5, 5.41) is 7.38. The molecule has 0 amide bonds. The molecule has 2 rings (SSSR count). The predicted molar refractivity (Wildman–Crippen MR) is 59.6 cm³/mol. The van der Waals surface area contributed by atoms with Crippen LogP contribution in [0.1, 0.15) is 5.56 Å². The van der Waals surface area contributed by atoms with Gasteiger partial charge in [0.15, 0.2) is 0 Å². The highest BCUT2D eigenvalue weighted by molar-refractivity contribution is 5.97. The molecule has 2 heterocycles. The first-order chi connectivity index (χ1) is 6.79. The Morgan fingerprint density at radius 3 is 2.80 bits per heavy atom. The van der Waals surface area contributed by atoms with E-state index in [1.54, 1.807) is 41.6 Å². The summed E-state index contributed by atoms with van der Waals surface area (Å²) in [7, 11) is 0. The fourth-order valence-electron chi connectivity index (χ4n) is 1.20. The number of amidine groups is 1. The summed E-state index contributed by atoms with van der Waals surface area (Å²) in [5.74, 6) is 0.624. The zero-order valence-electron chi connectivity index (χ0n) is 7.79. The van der Waals surface area contributed by atoms with E-state index in [9.17, 15) is 0 Å². The maximum atomic E-state index is 7.38. The molecule has 0 spiro atoms. The number of rotatable bonds is 2. The molecule has 0 fully saturated rings. The lowest BCUT2D eigenvalue weighted by Crippen LogP contribution is -2.15. The Bertz CT molecular complexity index is 451. The Balaban J connectivity index is 0.00000112. The fourth-order valence-corrected chi connectivity index (χ4v) is 1.20. The van der Waals surface area contributed by atoms with Crippen LogP contribution in [0.5, 0.6) is 0 Å². The summed E-state index contributed by atoms with van der Waals surface area (Å²) in [5.41, 5.74) is 6.03. The van der Waals surface area contributed by atoms with Crippen LogP contribution in [0.4, 0.5) is 0 Å². The molecule has 0 aliphatic rings. The summed E-state index contributed by atoms with van der Waals surface area (Å²) >= 11 is 0. The van der Waals surface area contributed by atoms with E-state index in [1.165, 1.54) is 0 Å². The third-order valence-electron chi connectivity index (χ3n) is 1.83. The van der Waals surface area contributed by atoms with Crippen molar-refractivity contribution >= 4 is 18.2 Å². The molecule has 0 unspecified atom stereocenters. The van der Waals surface area contributed by atoms with Crippen LogP contribution in [0.25, 0.3) is 5.82 Å². The van der Waals surface area contributed by atoms with Crippen molar-refractivity contribution < 1.29 is 0 Å². The summed E-state index contributed by atoms with van der Waals surface area (Å²) in [6.45, 7) is 0. The number of hydrogen-bond donors (Lipinski definition) is 2. The molecular weight excluding hydrogens is 214 g/mol. The SMILES string of the molecule is Cl.N=C(N)c1cccnc1-n1ccnc1. The highest BCUT2D eigenvalue weighted by Crippen LogP contribution is 2.09. The van der Waals surface area contributed by atoms with Gasteiger partial charge in [0.25, 0.3) is 0 Å². The summed E-state index contributed by atoms with van der Waals surface area (Å²) in [4.78, 5) is 8.06. The van der Waals surface area contributed by atoms with Crippen molar-refractivity contribution in [2.24, 2.45) is 5.73 Å². The van der Waals surface area contributed by atoms with Crippen molar-refractivity contribution in [2.75, 3.05) is 0 Å². The molecule has 0 saturated carbocycles. The average molecular weight is 224 g/mol. The van der Waals surface area contributed by atoms with Gasteiger partial charge in [0.1, 0.15) is 18.0 Å². The molecule has 6 heteroatoms. The lowest BCUT2D eigenvalue weighted by Gasteiger charge is -2.06. The standard InChI is InChI=1S/C9H9N5.ClH/c10-8(11)7-2-1-3-13-9(7)14-5-4-12-6-14;/h1-6H,(H3,10,11);1H. The molecule has 0 aromatic carbocycles. The normalized spacial score (nSPS) is 9.33. The molecule has 0 saturated heterocycles. The van der Waals surface area contributed by atoms with Gasteiger partial charge in [-0.05, 0) is 12.1 Å². The van der Waals surface area contributed by atoms with Gasteiger partial charge in [-0.3, -0.25) is 9.98 Å². The Morgan fingerprint density at radius 2 is 2.20 bits per heavy atom. The van der Waals surface area contributed by atoms with Crippen LogP contribution in [0, 0.1) is 5.41 Å². The van der Waals surface area contributed by atoms with Crippen molar-refractivity contribution in [2.45, 2.75) is 0 Å². The second-order valence-corrected chi connectivity index (χ2v) is 2.76. The molecule has 15 heavy (non-hydrogen) atoms. The third-order valence-corrected chi connectivity index (χ3v) is 1.83. The summed E-state index contributed by atoms with van der Waals surface area (Å²) in [6.07, 6.45) is 6.68. The Labute approximate surface area is 92.9 Å². The molecule has 0 aliphatic carbocycles. The van der Waals surface area contributed by atoms with Crippen LogP contribution < -0.4 is 5.73 Å². The zero-order chi connectivity index (χ0) is 9.97. The number of hydrogen-bond acceptors (Lipinski definition) is 3. The zero-order valence-corrected chi connectivity index (χ0v) is 8.61. The molecule has 0 bridgehead atoms. The van der Waals surface area contributed by atoms with Crippen molar-refractivity contribution in [3.05, 3.63) is 42.6 Å². The molecule has 0 radical (unpaired) electrons. The number of halogens is 1. The van der Waals surface area contributed by atoms with Gasteiger partial charge in [-0.1, -0.05) is 0 Å². The Morgan fingerprint density at radius 1 is 1.40 bits per heavy atom. The van der Waals surface area contributed by atoms with Crippen LogP contribution in [-0.4, -0.2) is 20.4 Å². The minimum Gasteiger partial charge on any atom is -0.384 e. The maximum Gasteiger partial charge on any atom is 0.148 e. The molecule has 3 N–H and O–H groups in total. The van der Waals surface area contributed by atoms with Crippen molar-refractivity contribution in [3.63, 3.8) is 0 Å². The second kappa shape index (κ2) is 4.56. The van der Waals surface area contributed by atoms with Gasteiger partial charge in [-0.15, -0.1) is 12.4 Å². The van der Waals surface area contributed by atoms with Gasteiger partial charge in [0.05, 0.1) is 5.56 Å². The first-order valence-electron chi connectivity index (χ1n) is 4.07. The number of nitrogens with one attached hydrogen (secondary N) is 1. The van der Waals surface area contributed by atoms with E-state index in [0.717, 1.165) is 0 Å². The molecule has 78 valence electrons. The van der Waals surface area contributed by atoms with E-state index in [2.05, 4.69) is 9.97 Å². The second-order valence-electron chi connectivity index (χ2n) is 2.76. The Kier molecular flexibility index (Phi) is 3.41. The highest BCUT2D eigenvalue weighted by Gasteiger charge is 2.06. The quantitative estimate of drug-likeness (QED) is 0.588. The molecule has 2 aromatic rings. The first kappa shape index (κ1) is 11.2. The largest absolute Gasteiger partial charge is 0.384 e. The van der Waals surface area contributed by atoms with E-state index in [1.807, 2.05) is 0 Å². The number of nitrogens with two attached hydrogens (primary N) is 1. The highest BCUT2D eigenvalue weighted by atomic mass is 35.5. The van der Waals surface area contributed by atoms with Gasteiger partial charge in [-0.25, -0.2) is 9.97 Å². The maximum absolute atomic E-state index is 7.38. The number of imidazole rings is 1. The summed E-state index contributed by atoms with van der Waals surface area (Å²) < 4.78 is 1.72. The monoisotopic (exact) mass is 223 g/mol. The van der Waals surface area contributed by atoms with Crippen molar-refractivity contribution in [1.29, 1.82) is 5.41 Å². The van der Waals surface area contributed by atoms with Gasteiger partial charge >= 0.3 is 0 Å². The number of pyridine rings is 1. The molecular formula is C9H10ClN5. The van der Waals surface area contributed by atoms with Gasteiger partial charge in [0.2, 0.25) is 0 Å². The van der Waals surface area contributed by atoms with Crippen molar-refractivity contribution in [3.8, 4) is 5.82 Å². The van der Waals surface area contributed by atoms with E-state index in [4.69, 9.17) is 11.1 Å². The number of nitrogen functional groups attached to an aromatic ring is 1. The molecule has 5 nitrogen and oxygen atoms in total. The molecule has 0 atom stereocenters. The predicted octanol–water partition coefficient (Wildman–Crippen LogP) is 0.973. The number of aromatic nitrogens is 3. The minimum absolute atomic E-state index is 0. The van der Waals surface area contributed by atoms with Crippen LogP contribution in [-0.2, 0) is 0 Å². The van der Waals surface area contributed by atoms with Crippen LogP contribution in [0.15, 0.2) is 37.1 Å². The topological polar surface area (TPSA) is 80.6 Å². The van der Waals surface area contributed by atoms with Crippen molar-refractivity contribution in [1.82, 2.24) is 14.5 Å². The van der Waals surface area contributed by atoms with Gasteiger partial charge < -0.3 is 5.73 Å². The van der Waals surface area contributed by atoms with E-state index in [0.29, 0.717) is 11.4 Å². The van der Waals surface area contributed by atoms with Crippen LogP contribution in [0.2, 0.25) is 0 Å². The summed E-state index contributed by atoms with van der Waals surface area (Å²) in [6, 6.07) is 3.50. The minimum atomic E-state index is 0. The van der Waals surface area contributed by atoms with Gasteiger partial charge in [0, 0.05) is 18.6 Å². The average Bonchev–Trinajstić information content (AvgIpc) is 2.70. The Hall–Kier alpha value is -1.88. The van der Waals surface area contributed by atoms with E-state index < -0.39 is 0 Å². The molecule has 0 aliphatic heterocycles. The van der Waals surface area contributed by atoms with Gasteiger partial charge in [-0.2, -0.15) is 0 Å². The van der Waals surface area contributed by atoms with Crippen LogP contribution in [0.3, 0.4) is 0 Å². The van der Waals surface area contributed by atoms with E-state index >= 15 is 0 Å². The van der Waals surface area contributed by atoms with E-state index in [-0.39, 0.29) is 18.2 Å². The smallest absolute Gasteiger partial charge is 0.148 e. The van der Waals surface area contributed by atoms with Crippen LogP contribution >= 0.6 is 12.4 Å². The lowest BCUT2D eigenvalue weighted by atomic mass is 10.2. The molecule has 2 aromatic heterocycles. The number of nitrogens with zero attached hydrogens (tertiary/aromatic N) is 3. The fraction of sp³-hybridized carbons (Fsp3) is 0. The third kappa shape index (κ3) is 2.13.